The molecule has 0 N–H and O–H groups in total. The van der Waals surface area contributed by atoms with E-state index in [1.165, 1.54) is 135 Å². The molecule has 302 valence electrons. The molecule has 2 atom stereocenters. The zero-order chi connectivity index (χ0) is 37.8. The zero-order valence-corrected chi connectivity index (χ0v) is 34.3. The lowest BCUT2D eigenvalue weighted by molar-refractivity contribution is -0.889. The van der Waals surface area contributed by atoms with Crippen LogP contribution in [0.15, 0.2) is 0 Å². The van der Waals surface area contributed by atoms with Gasteiger partial charge in [-0.05, 0) is 12.8 Å². The lowest BCUT2D eigenvalue weighted by Gasteiger charge is -2.34. The first kappa shape index (κ1) is 49.3. The number of nitrogens with zero attached hydrogens (tertiary/aromatic N) is 1. The number of carbonyl (C=O) groups excluding carboxylic acids is 3. The highest BCUT2D eigenvalue weighted by molar-refractivity contribution is 5.70. The number of hydrogen-bond acceptors (Lipinski definition) is 7. The Morgan fingerprint density at radius 1 is 0.510 bits per heavy atom. The Morgan fingerprint density at radius 2 is 0.863 bits per heavy atom. The lowest BCUT2D eigenvalue weighted by Crippen LogP contribution is -2.55. The Bertz CT molecular complexity index is 813. The third-order valence-corrected chi connectivity index (χ3v) is 9.99. The molecule has 0 aromatic carbocycles. The van der Waals surface area contributed by atoms with Crippen LogP contribution in [0.1, 0.15) is 206 Å². The van der Waals surface area contributed by atoms with Crippen LogP contribution in [-0.4, -0.2) is 75.5 Å². The van der Waals surface area contributed by atoms with Gasteiger partial charge in [-0.2, -0.15) is 0 Å². The fraction of sp³-hybridized carbons (Fsp3) is 0.930. The molecular formula is C43H83NO7. The van der Waals surface area contributed by atoms with Crippen molar-refractivity contribution in [3.05, 3.63) is 0 Å². The number of quaternary nitrogens is 1. The number of carboxylic acid groups (broad SMARTS) is 1. The van der Waals surface area contributed by atoms with Crippen molar-refractivity contribution in [1.82, 2.24) is 0 Å². The summed E-state index contributed by atoms with van der Waals surface area (Å²) in [5.41, 5.74) is 0. The van der Waals surface area contributed by atoms with Gasteiger partial charge in [0.05, 0.1) is 40.3 Å². The zero-order valence-electron chi connectivity index (χ0n) is 34.3. The van der Waals surface area contributed by atoms with Gasteiger partial charge in [0, 0.05) is 19.3 Å². The highest BCUT2D eigenvalue weighted by atomic mass is 16.6. The van der Waals surface area contributed by atoms with Crippen LogP contribution in [0.3, 0.4) is 0 Å². The summed E-state index contributed by atoms with van der Waals surface area (Å²) in [7, 11) is 5.40. The van der Waals surface area contributed by atoms with Crippen molar-refractivity contribution in [3.8, 4) is 0 Å². The summed E-state index contributed by atoms with van der Waals surface area (Å²) in [6.45, 7) is 4.63. The van der Waals surface area contributed by atoms with Crippen LogP contribution >= 0.6 is 0 Å². The summed E-state index contributed by atoms with van der Waals surface area (Å²) in [6, 6.07) is -0.717. The average molecular weight is 726 g/mol. The lowest BCUT2D eigenvalue weighted by atomic mass is 10.0. The standard InChI is InChI=1S/C43H83NO7/c1-6-8-10-12-14-15-16-17-18-19-20-21-22-23-24-25-26-27-28-30-32-34-42(46)51-39(37-49-36-35-40(43(47)48)44(3,4)5)38-50-41(45)33-31-29-13-11-9-7-2/h39-40H,6-38H2,1-5H3. The second-order valence-electron chi connectivity index (χ2n) is 15.9. The highest BCUT2D eigenvalue weighted by Crippen LogP contribution is 2.16. The number of hydrogen-bond donors (Lipinski definition) is 0. The SMILES string of the molecule is CCCCCCCCCCCCCCCCCCCCCCCC(=O)OC(COCCC(C(=O)[O-])[N+](C)(C)C)COC(=O)CCCCCCCC. The molecule has 0 bridgehead atoms. The summed E-state index contributed by atoms with van der Waals surface area (Å²) in [6.07, 6.45) is 34.4. The van der Waals surface area contributed by atoms with Crippen LogP contribution in [0, 0.1) is 0 Å². The van der Waals surface area contributed by atoms with E-state index in [0.29, 0.717) is 12.8 Å². The first-order chi connectivity index (χ1) is 24.6. The van der Waals surface area contributed by atoms with Crippen molar-refractivity contribution in [3.63, 3.8) is 0 Å². The molecule has 0 heterocycles. The normalized spacial score (nSPS) is 12.9. The van der Waals surface area contributed by atoms with E-state index >= 15 is 0 Å². The summed E-state index contributed by atoms with van der Waals surface area (Å²) < 4.78 is 17.1. The van der Waals surface area contributed by atoms with Gasteiger partial charge in [0.15, 0.2) is 6.10 Å². The molecule has 0 amide bonds. The van der Waals surface area contributed by atoms with E-state index in [4.69, 9.17) is 14.2 Å². The van der Waals surface area contributed by atoms with Crippen molar-refractivity contribution >= 4 is 17.9 Å². The molecule has 0 aliphatic heterocycles. The van der Waals surface area contributed by atoms with Crippen LogP contribution in [-0.2, 0) is 28.6 Å². The minimum absolute atomic E-state index is 0.0479. The van der Waals surface area contributed by atoms with Crippen molar-refractivity contribution in [2.45, 2.75) is 219 Å². The topological polar surface area (TPSA) is 102 Å². The number of likely N-dealkylation sites (N-methyl/N-ethyl adjacent to an activating group) is 1. The van der Waals surface area contributed by atoms with Gasteiger partial charge in [0.2, 0.25) is 0 Å². The Morgan fingerprint density at radius 3 is 1.22 bits per heavy atom. The molecule has 2 unspecified atom stereocenters. The second kappa shape index (κ2) is 35.4. The molecule has 0 fully saturated rings. The number of carbonyl (C=O) groups is 3. The van der Waals surface area contributed by atoms with Gasteiger partial charge in [-0.15, -0.1) is 0 Å². The summed E-state index contributed by atoms with van der Waals surface area (Å²) in [5.74, 6) is -1.73. The first-order valence-electron chi connectivity index (χ1n) is 21.6. The molecular weight excluding hydrogens is 642 g/mol. The number of rotatable bonds is 39. The van der Waals surface area contributed by atoms with Gasteiger partial charge in [0.25, 0.3) is 0 Å². The van der Waals surface area contributed by atoms with E-state index < -0.39 is 18.1 Å². The molecule has 0 aromatic heterocycles. The predicted molar refractivity (Wildman–Crippen MR) is 208 cm³/mol. The van der Waals surface area contributed by atoms with Crippen molar-refractivity contribution in [1.29, 1.82) is 0 Å². The number of ether oxygens (including phenoxy) is 3. The van der Waals surface area contributed by atoms with E-state index in [-0.39, 0.29) is 42.7 Å². The molecule has 0 spiro atoms. The van der Waals surface area contributed by atoms with Gasteiger partial charge in [0.1, 0.15) is 12.6 Å². The Kier molecular flexibility index (Phi) is 34.2. The maximum Gasteiger partial charge on any atom is 0.306 e. The first-order valence-corrected chi connectivity index (χ1v) is 21.6. The van der Waals surface area contributed by atoms with Gasteiger partial charge in [-0.1, -0.05) is 174 Å². The largest absolute Gasteiger partial charge is 0.544 e. The van der Waals surface area contributed by atoms with Crippen LogP contribution in [0.4, 0.5) is 0 Å². The van der Waals surface area contributed by atoms with E-state index in [9.17, 15) is 19.5 Å². The molecule has 8 heteroatoms. The fourth-order valence-corrected chi connectivity index (χ4v) is 6.60. The van der Waals surface area contributed by atoms with E-state index in [1.807, 2.05) is 0 Å². The van der Waals surface area contributed by atoms with Gasteiger partial charge < -0.3 is 28.6 Å². The third-order valence-electron chi connectivity index (χ3n) is 9.99. The van der Waals surface area contributed by atoms with Crippen LogP contribution < -0.4 is 5.11 Å². The summed E-state index contributed by atoms with van der Waals surface area (Å²) in [4.78, 5) is 36.5. The molecule has 0 saturated heterocycles. The minimum atomic E-state index is -1.12. The van der Waals surface area contributed by atoms with Gasteiger partial charge >= 0.3 is 11.9 Å². The molecule has 8 nitrogen and oxygen atoms in total. The maximum atomic E-state index is 12.7. The smallest absolute Gasteiger partial charge is 0.306 e. The molecule has 0 saturated carbocycles. The fourth-order valence-electron chi connectivity index (χ4n) is 6.60. The van der Waals surface area contributed by atoms with Crippen molar-refractivity contribution in [2.75, 3.05) is 41.0 Å². The molecule has 0 aliphatic rings. The molecule has 0 radical (unpaired) electrons. The molecule has 51 heavy (non-hydrogen) atoms. The van der Waals surface area contributed by atoms with Crippen molar-refractivity contribution in [2.24, 2.45) is 0 Å². The number of unbranched alkanes of at least 4 members (excludes halogenated alkanes) is 25. The van der Waals surface area contributed by atoms with Crippen LogP contribution in [0.2, 0.25) is 0 Å². The van der Waals surface area contributed by atoms with E-state index in [2.05, 4.69) is 13.8 Å². The summed E-state index contributed by atoms with van der Waals surface area (Å²) >= 11 is 0. The minimum Gasteiger partial charge on any atom is -0.544 e. The second-order valence-corrected chi connectivity index (χ2v) is 15.9. The number of aliphatic carboxylic acids is 1. The molecule has 0 aliphatic carbocycles. The van der Waals surface area contributed by atoms with E-state index in [0.717, 1.165) is 38.5 Å². The van der Waals surface area contributed by atoms with E-state index in [1.54, 1.807) is 21.1 Å². The van der Waals surface area contributed by atoms with Gasteiger partial charge in [-0.25, -0.2) is 0 Å². The monoisotopic (exact) mass is 726 g/mol. The molecule has 0 rings (SSSR count). The summed E-state index contributed by atoms with van der Waals surface area (Å²) in [5, 5.41) is 11.6. The third kappa shape index (κ3) is 33.9. The Balaban J connectivity index is 4.10. The predicted octanol–water partition coefficient (Wildman–Crippen LogP) is 10.0. The Labute approximate surface area is 315 Å². The molecule has 0 aromatic rings. The highest BCUT2D eigenvalue weighted by Gasteiger charge is 2.25. The van der Waals surface area contributed by atoms with Gasteiger partial charge in [-0.3, -0.25) is 9.59 Å². The quantitative estimate of drug-likeness (QED) is 0.0353. The van der Waals surface area contributed by atoms with Crippen molar-refractivity contribution < 1.29 is 38.2 Å². The average Bonchev–Trinajstić information content (AvgIpc) is 3.08. The number of carboxylic acids is 1. The van der Waals surface area contributed by atoms with Crippen LogP contribution in [0.25, 0.3) is 0 Å². The Hall–Kier alpha value is -1.67. The van der Waals surface area contributed by atoms with Crippen LogP contribution in [0.5, 0.6) is 0 Å². The number of esters is 2. The maximum absolute atomic E-state index is 12.7.